The van der Waals surface area contributed by atoms with Crippen LogP contribution in [0.25, 0.3) is 0 Å². The summed E-state index contributed by atoms with van der Waals surface area (Å²) in [4.78, 5) is 4.02. The van der Waals surface area contributed by atoms with E-state index < -0.39 is 0 Å². The summed E-state index contributed by atoms with van der Waals surface area (Å²) in [6.07, 6.45) is 7.05. The van der Waals surface area contributed by atoms with Gasteiger partial charge in [-0.25, -0.2) is 0 Å². The van der Waals surface area contributed by atoms with Gasteiger partial charge >= 0.3 is 0 Å². The Labute approximate surface area is 130 Å². The molecule has 3 rings (SSSR count). The van der Waals surface area contributed by atoms with E-state index in [-0.39, 0.29) is 0 Å². The fourth-order valence-electron chi connectivity index (χ4n) is 2.20. The molecule has 0 spiro atoms. The molecule has 1 N–H and O–H groups in total. The molecule has 0 saturated heterocycles. The highest BCUT2D eigenvalue weighted by molar-refractivity contribution is 6.30. The first-order chi connectivity index (χ1) is 10.3. The third-order valence-electron chi connectivity index (χ3n) is 3.58. The van der Waals surface area contributed by atoms with E-state index in [9.17, 15) is 0 Å². The van der Waals surface area contributed by atoms with Gasteiger partial charge in [-0.15, -0.1) is 0 Å². The van der Waals surface area contributed by atoms with E-state index in [1.165, 1.54) is 18.4 Å². The van der Waals surface area contributed by atoms with Crippen LogP contribution in [-0.4, -0.2) is 17.6 Å². The van der Waals surface area contributed by atoms with Crippen LogP contribution in [0, 0.1) is 0 Å². The lowest BCUT2D eigenvalue weighted by Gasteiger charge is -2.12. The summed E-state index contributed by atoms with van der Waals surface area (Å²) in [5.74, 6) is 0.918. The maximum Gasteiger partial charge on any atom is 0.123 e. The number of ether oxygens (including phenoxy) is 1. The van der Waals surface area contributed by atoms with Crippen molar-refractivity contribution >= 4 is 11.6 Å². The van der Waals surface area contributed by atoms with E-state index in [0.717, 1.165) is 29.3 Å². The fraction of sp³-hybridized carbons (Fsp3) is 0.353. The summed E-state index contributed by atoms with van der Waals surface area (Å²) in [7, 11) is 0. The summed E-state index contributed by atoms with van der Waals surface area (Å²) in [6, 6.07) is 10.5. The Morgan fingerprint density at radius 3 is 2.76 bits per heavy atom. The van der Waals surface area contributed by atoms with Crippen molar-refractivity contribution in [1.29, 1.82) is 0 Å². The van der Waals surface area contributed by atoms with Crippen molar-refractivity contribution in [2.24, 2.45) is 0 Å². The van der Waals surface area contributed by atoms with Gasteiger partial charge in [0.15, 0.2) is 0 Å². The minimum atomic E-state index is 0.655. The average molecular weight is 303 g/mol. The number of rotatable bonds is 7. The maximum atomic E-state index is 6.09. The molecule has 1 aromatic carbocycles. The quantitative estimate of drug-likeness (QED) is 0.848. The Morgan fingerprint density at radius 2 is 2.00 bits per heavy atom. The van der Waals surface area contributed by atoms with Crippen LogP contribution >= 0.6 is 11.6 Å². The zero-order valence-electron chi connectivity index (χ0n) is 11.9. The molecular weight excluding hydrogens is 284 g/mol. The highest BCUT2D eigenvalue weighted by Gasteiger charge is 2.20. The smallest absolute Gasteiger partial charge is 0.123 e. The predicted molar refractivity (Wildman–Crippen MR) is 84.7 cm³/mol. The molecule has 21 heavy (non-hydrogen) atoms. The first-order valence-corrected chi connectivity index (χ1v) is 7.72. The van der Waals surface area contributed by atoms with Crippen molar-refractivity contribution in [3.8, 4) is 5.75 Å². The summed E-state index contributed by atoms with van der Waals surface area (Å²) in [5.41, 5.74) is 2.36. The fourth-order valence-corrected chi connectivity index (χ4v) is 2.39. The summed E-state index contributed by atoms with van der Waals surface area (Å²) in [5, 5.41) is 4.26. The van der Waals surface area contributed by atoms with Crippen molar-refractivity contribution in [3.05, 3.63) is 58.9 Å². The van der Waals surface area contributed by atoms with Crippen LogP contribution in [0.15, 0.2) is 42.7 Å². The number of hydrogen-bond acceptors (Lipinski definition) is 3. The number of benzene rings is 1. The lowest BCUT2D eigenvalue weighted by molar-refractivity contribution is 0.317. The van der Waals surface area contributed by atoms with Crippen molar-refractivity contribution < 1.29 is 4.74 Å². The largest absolute Gasteiger partial charge is 0.493 e. The van der Waals surface area contributed by atoms with Gasteiger partial charge < -0.3 is 10.1 Å². The van der Waals surface area contributed by atoms with Crippen molar-refractivity contribution in [3.63, 3.8) is 0 Å². The molecule has 3 nitrogen and oxygen atoms in total. The molecule has 0 unspecified atom stereocenters. The molecular formula is C17H19ClN2O. The van der Waals surface area contributed by atoms with Gasteiger partial charge in [0.25, 0.3) is 0 Å². The topological polar surface area (TPSA) is 34.1 Å². The van der Waals surface area contributed by atoms with Crippen LogP contribution in [0.4, 0.5) is 0 Å². The van der Waals surface area contributed by atoms with Crippen LogP contribution in [0.2, 0.25) is 5.02 Å². The van der Waals surface area contributed by atoms with E-state index in [2.05, 4.69) is 10.3 Å². The first-order valence-electron chi connectivity index (χ1n) is 7.35. The van der Waals surface area contributed by atoms with Crippen LogP contribution in [0.5, 0.6) is 5.75 Å². The van der Waals surface area contributed by atoms with Gasteiger partial charge in [0.2, 0.25) is 0 Å². The van der Waals surface area contributed by atoms with Crippen molar-refractivity contribution in [1.82, 2.24) is 10.3 Å². The van der Waals surface area contributed by atoms with Gasteiger partial charge in [0, 0.05) is 42.0 Å². The Morgan fingerprint density at radius 1 is 1.19 bits per heavy atom. The molecule has 0 radical (unpaired) electrons. The zero-order chi connectivity index (χ0) is 14.5. The van der Waals surface area contributed by atoms with E-state index in [0.29, 0.717) is 12.6 Å². The summed E-state index contributed by atoms with van der Waals surface area (Å²) >= 11 is 6.09. The molecule has 1 aliphatic carbocycles. The standard InChI is InChI=1S/C17H19ClN2O/c18-15-1-4-17(14(11-15)12-20-16-2-3-16)21-10-7-13-5-8-19-9-6-13/h1,4-6,8-9,11,16,20H,2-3,7,10,12H2. The highest BCUT2D eigenvalue weighted by atomic mass is 35.5. The van der Waals surface area contributed by atoms with E-state index >= 15 is 0 Å². The second-order valence-electron chi connectivity index (χ2n) is 5.36. The number of nitrogens with zero attached hydrogens (tertiary/aromatic N) is 1. The molecule has 0 amide bonds. The lowest BCUT2D eigenvalue weighted by Crippen LogP contribution is -2.16. The molecule has 1 saturated carbocycles. The van der Waals surface area contributed by atoms with E-state index in [1.54, 1.807) is 0 Å². The number of halogens is 1. The van der Waals surface area contributed by atoms with Gasteiger partial charge in [-0.05, 0) is 48.7 Å². The molecule has 0 atom stereocenters. The molecule has 1 fully saturated rings. The van der Waals surface area contributed by atoms with Crippen LogP contribution in [-0.2, 0) is 13.0 Å². The van der Waals surface area contributed by atoms with Crippen molar-refractivity contribution in [2.75, 3.05) is 6.61 Å². The molecule has 2 aromatic rings. The molecule has 0 bridgehead atoms. The maximum absolute atomic E-state index is 6.09. The number of hydrogen-bond donors (Lipinski definition) is 1. The Bertz CT molecular complexity index is 585. The number of aromatic nitrogens is 1. The first kappa shape index (κ1) is 14.4. The van der Waals surface area contributed by atoms with E-state index in [1.807, 2.05) is 42.7 Å². The Hall–Kier alpha value is -1.58. The second-order valence-corrected chi connectivity index (χ2v) is 5.80. The van der Waals surface area contributed by atoms with Gasteiger partial charge in [-0.3, -0.25) is 4.98 Å². The van der Waals surface area contributed by atoms with Gasteiger partial charge in [0.1, 0.15) is 5.75 Å². The minimum Gasteiger partial charge on any atom is -0.493 e. The normalized spacial score (nSPS) is 14.1. The minimum absolute atomic E-state index is 0.655. The van der Waals surface area contributed by atoms with Crippen LogP contribution in [0.1, 0.15) is 24.0 Å². The van der Waals surface area contributed by atoms with E-state index in [4.69, 9.17) is 16.3 Å². The molecule has 1 aromatic heterocycles. The Kier molecular flexibility index (Phi) is 4.73. The SMILES string of the molecule is Clc1ccc(OCCc2ccncc2)c(CNC2CC2)c1. The van der Waals surface area contributed by atoms with Crippen LogP contribution < -0.4 is 10.1 Å². The monoisotopic (exact) mass is 302 g/mol. The molecule has 1 aliphatic rings. The number of pyridine rings is 1. The van der Waals surface area contributed by atoms with Crippen LogP contribution in [0.3, 0.4) is 0 Å². The van der Waals surface area contributed by atoms with Gasteiger partial charge in [0.05, 0.1) is 6.61 Å². The third kappa shape index (κ3) is 4.45. The Balaban J connectivity index is 1.58. The predicted octanol–water partition coefficient (Wildman–Crippen LogP) is 3.61. The average Bonchev–Trinajstić information content (AvgIpc) is 3.32. The van der Waals surface area contributed by atoms with Crippen molar-refractivity contribution in [2.45, 2.75) is 31.8 Å². The molecule has 4 heteroatoms. The van der Waals surface area contributed by atoms with Gasteiger partial charge in [-0.1, -0.05) is 11.6 Å². The molecule has 0 aliphatic heterocycles. The zero-order valence-corrected chi connectivity index (χ0v) is 12.6. The second kappa shape index (κ2) is 6.92. The highest BCUT2D eigenvalue weighted by Crippen LogP contribution is 2.25. The summed E-state index contributed by atoms with van der Waals surface area (Å²) < 4.78 is 5.93. The summed E-state index contributed by atoms with van der Waals surface area (Å²) in [6.45, 7) is 1.47. The third-order valence-corrected chi connectivity index (χ3v) is 3.81. The molecule has 1 heterocycles. The number of nitrogens with one attached hydrogen (secondary N) is 1. The lowest BCUT2D eigenvalue weighted by atomic mass is 10.2. The molecule has 110 valence electrons. The van der Waals surface area contributed by atoms with Gasteiger partial charge in [-0.2, -0.15) is 0 Å².